The first-order valence-electron chi connectivity index (χ1n) is 9.25. The molecule has 1 heterocycles. The summed E-state index contributed by atoms with van der Waals surface area (Å²) in [4.78, 5) is 20.6. The zero-order valence-electron chi connectivity index (χ0n) is 17.0. The van der Waals surface area contributed by atoms with Gasteiger partial charge < -0.3 is 20.5 Å². The maximum atomic E-state index is 12.6. The quantitative estimate of drug-likeness (QED) is 0.279. The predicted octanol–water partition coefficient (Wildman–Crippen LogP) is 2.99. The highest BCUT2D eigenvalue weighted by molar-refractivity contribution is 14.1. The van der Waals surface area contributed by atoms with Crippen LogP contribution in [0.2, 0.25) is 0 Å². The first kappa shape index (κ1) is 24.2. The fraction of sp³-hybridized carbons (Fsp3) is 0.368. The lowest BCUT2D eigenvalue weighted by molar-refractivity contribution is 0.159. The number of anilines is 3. The van der Waals surface area contributed by atoms with Crippen LogP contribution in [0.25, 0.3) is 0 Å². The molecule has 0 aliphatic carbocycles. The summed E-state index contributed by atoms with van der Waals surface area (Å²) in [6, 6.07) is 6.43. The van der Waals surface area contributed by atoms with Crippen LogP contribution in [0.1, 0.15) is 20.8 Å². The van der Waals surface area contributed by atoms with Crippen LogP contribution in [0.5, 0.6) is 0 Å². The van der Waals surface area contributed by atoms with Crippen molar-refractivity contribution in [2.75, 3.05) is 23.8 Å². The average molecular weight is 547 g/mol. The van der Waals surface area contributed by atoms with Crippen LogP contribution in [0.3, 0.4) is 0 Å². The number of aliphatic hydroxyl groups excluding tert-OH is 1. The van der Waals surface area contributed by atoms with Crippen LogP contribution in [-0.4, -0.2) is 50.5 Å². The Bertz CT molecular complexity index is 967. The summed E-state index contributed by atoms with van der Waals surface area (Å²) < 4.78 is 20.5. The van der Waals surface area contributed by atoms with E-state index in [-0.39, 0.29) is 25.2 Å². The largest absolute Gasteiger partial charge is 0.449 e. The highest BCUT2D eigenvalue weighted by Crippen LogP contribution is 2.22. The molecule has 1 unspecified atom stereocenters. The van der Waals surface area contributed by atoms with E-state index in [9.17, 15) is 14.1 Å². The van der Waals surface area contributed by atoms with Crippen molar-refractivity contribution in [3.63, 3.8) is 0 Å². The number of amides is 1. The van der Waals surface area contributed by atoms with Gasteiger partial charge in [0.1, 0.15) is 5.82 Å². The van der Waals surface area contributed by atoms with E-state index in [0.717, 1.165) is 3.57 Å². The van der Waals surface area contributed by atoms with Gasteiger partial charge in [0.25, 0.3) is 0 Å². The van der Waals surface area contributed by atoms with Gasteiger partial charge in [0, 0.05) is 16.8 Å². The standard InChI is InChI=1S/C19H26IN5O4S/c1-5-29-19(27)25-30(4,28)14-8-6-13(7-9-14)22-18-21-10-15(20)17(24-18)23-16(11-26)12(2)3/h6-10,12,16,26H,4-5,11H2,1-3H3,(H,25,27,28)(H2,21,22,23,24)/t16-,30?/m0/s1. The van der Waals surface area contributed by atoms with Crippen LogP contribution in [-0.2, 0) is 14.4 Å². The Kier molecular flexibility index (Phi) is 8.67. The lowest BCUT2D eigenvalue weighted by atomic mass is 10.1. The lowest BCUT2D eigenvalue weighted by Crippen LogP contribution is -2.30. The third kappa shape index (κ3) is 6.71. The molecule has 0 aliphatic heterocycles. The van der Waals surface area contributed by atoms with Gasteiger partial charge in [-0.3, -0.25) is 0 Å². The minimum Gasteiger partial charge on any atom is -0.449 e. The molecule has 0 aliphatic rings. The number of benzene rings is 1. The smallest absolute Gasteiger partial charge is 0.418 e. The van der Waals surface area contributed by atoms with Gasteiger partial charge in [-0.1, -0.05) is 13.8 Å². The first-order chi connectivity index (χ1) is 14.2. The van der Waals surface area contributed by atoms with E-state index in [1.54, 1.807) is 37.4 Å². The number of carbonyl (C=O) groups excluding carboxylic acids is 1. The molecule has 164 valence electrons. The predicted molar refractivity (Wildman–Crippen MR) is 127 cm³/mol. The topological polar surface area (TPSA) is 125 Å². The van der Waals surface area contributed by atoms with Crippen LogP contribution < -0.4 is 15.4 Å². The monoisotopic (exact) mass is 547 g/mol. The van der Waals surface area contributed by atoms with Gasteiger partial charge in [-0.2, -0.15) is 4.98 Å². The normalized spacial score (nSPS) is 13.9. The Morgan fingerprint density at radius 2 is 2.00 bits per heavy atom. The molecule has 0 saturated carbocycles. The summed E-state index contributed by atoms with van der Waals surface area (Å²) in [6.07, 6.45) is 0.891. The Morgan fingerprint density at radius 3 is 2.57 bits per heavy atom. The molecule has 9 nitrogen and oxygen atoms in total. The molecule has 2 rings (SSSR count). The highest BCUT2D eigenvalue weighted by atomic mass is 127. The van der Waals surface area contributed by atoms with Gasteiger partial charge in [-0.05, 0) is 65.6 Å². The Hall–Kier alpha value is -2.12. The fourth-order valence-electron chi connectivity index (χ4n) is 2.37. The second kappa shape index (κ2) is 10.8. The van der Waals surface area contributed by atoms with E-state index in [0.29, 0.717) is 22.3 Å². The van der Waals surface area contributed by atoms with E-state index >= 15 is 0 Å². The summed E-state index contributed by atoms with van der Waals surface area (Å²) >= 11 is 2.13. The Labute approximate surface area is 190 Å². The van der Waals surface area contributed by atoms with E-state index < -0.39 is 15.8 Å². The van der Waals surface area contributed by atoms with Crippen LogP contribution in [0, 0.1) is 9.49 Å². The number of nitrogens with zero attached hydrogens (tertiary/aromatic N) is 2. The molecule has 4 N–H and O–H groups in total. The van der Waals surface area contributed by atoms with Gasteiger partial charge in [0.2, 0.25) is 5.95 Å². The van der Waals surface area contributed by atoms with Crippen molar-refractivity contribution in [1.82, 2.24) is 14.7 Å². The van der Waals surface area contributed by atoms with Crippen LogP contribution in [0.4, 0.5) is 22.2 Å². The maximum absolute atomic E-state index is 12.6. The number of aromatic nitrogens is 2. The molecule has 2 atom stereocenters. The van der Waals surface area contributed by atoms with Gasteiger partial charge >= 0.3 is 6.09 Å². The minimum atomic E-state index is -3.03. The van der Waals surface area contributed by atoms with Crippen molar-refractivity contribution < 1.29 is 18.8 Å². The zero-order valence-corrected chi connectivity index (χ0v) is 20.0. The number of hydrogen-bond donors (Lipinski definition) is 4. The fourth-order valence-corrected chi connectivity index (χ4v) is 3.81. The van der Waals surface area contributed by atoms with Crippen molar-refractivity contribution in [2.45, 2.75) is 31.7 Å². The van der Waals surface area contributed by atoms with Gasteiger partial charge in [0.15, 0.2) is 0 Å². The molecule has 0 spiro atoms. The number of nitrogens with one attached hydrogen (secondary N) is 3. The maximum Gasteiger partial charge on any atom is 0.418 e. The van der Waals surface area contributed by atoms with Gasteiger partial charge in [-0.25, -0.2) is 18.7 Å². The summed E-state index contributed by atoms with van der Waals surface area (Å²) in [5, 5.41) is 15.9. The minimum absolute atomic E-state index is 0.00780. The second-order valence-electron chi connectivity index (χ2n) is 6.71. The SMILES string of the molecule is C=S(=O)(NC(=O)OCC)c1ccc(Nc2ncc(I)c(N[C@@H](CO)C(C)C)n2)cc1. The second-order valence-corrected chi connectivity index (χ2v) is 9.90. The molecule has 2 aromatic rings. The van der Waals surface area contributed by atoms with E-state index in [2.05, 4.69) is 53.8 Å². The van der Waals surface area contributed by atoms with Crippen molar-refractivity contribution >= 4 is 61.7 Å². The number of ether oxygens (including phenoxy) is 1. The number of aliphatic hydroxyl groups is 1. The molecule has 11 heteroatoms. The van der Waals surface area contributed by atoms with Crippen molar-refractivity contribution in [3.05, 3.63) is 34.0 Å². The molecule has 0 saturated heterocycles. The number of rotatable bonds is 9. The van der Waals surface area contributed by atoms with Crippen LogP contribution >= 0.6 is 22.6 Å². The number of halogens is 1. The van der Waals surface area contributed by atoms with E-state index in [4.69, 9.17) is 4.74 Å². The number of carbonyl (C=O) groups is 1. The molecular weight excluding hydrogens is 521 g/mol. The summed E-state index contributed by atoms with van der Waals surface area (Å²) in [7, 11) is -3.03. The molecule has 1 aromatic heterocycles. The van der Waals surface area contributed by atoms with Crippen molar-refractivity contribution in [2.24, 2.45) is 5.92 Å². The first-order valence-corrected chi connectivity index (χ1v) is 12.1. The molecule has 0 fully saturated rings. The molecular formula is C19H26IN5O4S. The van der Waals surface area contributed by atoms with Crippen molar-refractivity contribution in [1.29, 1.82) is 0 Å². The molecule has 0 radical (unpaired) electrons. The zero-order chi connectivity index (χ0) is 22.3. The molecule has 1 aromatic carbocycles. The highest BCUT2D eigenvalue weighted by Gasteiger charge is 2.16. The number of hydrogen-bond acceptors (Lipinski definition) is 8. The molecule has 1 amide bonds. The summed E-state index contributed by atoms with van der Waals surface area (Å²) in [6.45, 7) is 5.85. The van der Waals surface area contributed by atoms with Gasteiger partial charge in [-0.15, -0.1) is 0 Å². The Balaban J connectivity index is 2.14. The van der Waals surface area contributed by atoms with Crippen molar-refractivity contribution in [3.8, 4) is 0 Å². The van der Waals surface area contributed by atoms with E-state index in [1.807, 2.05) is 13.8 Å². The Morgan fingerprint density at radius 1 is 1.33 bits per heavy atom. The third-order valence-corrected chi connectivity index (χ3v) is 6.40. The van der Waals surface area contributed by atoms with Crippen LogP contribution in [0.15, 0.2) is 35.4 Å². The average Bonchev–Trinajstić information content (AvgIpc) is 2.68. The van der Waals surface area contributed by atoms with Gasteiger partial charge in [0.05, 0.1) is 32.5 Å². The third-order valence-electron chi connectivity index (χ3n) is 4.08. The molecule has 30 heavy (non-hydrogen) atoms. The van der Waals surface area contributed by atoms with E-state index in [1.165, 1.54) is 0 Å². The summed E-state index contributed by atoms with van der Waals surface area (Å²) in [5.41, 5.74) is 0.666. The summed E-state index contributed by atoms with van der Waals surface area (Å²) in [5.74, 6) is 4.80. The lowest BCUT2D eigenvalue weighted by Gasteiger charge is -2.21. The molecule has 0 bridgehead atoms.